The van der Waals surface area contributed by atoms with E-state index in [0.717, 1.165) is 68.7 Å². The number of benzene rings is 1. The predicted octanol–water partition coefficient (Wildman–Crippen LogP) is 4.41. The van der Waals surface area contributed by atoms with Gasteiger partial charge in [0.1, 0.15) is 11.6 Å². The first-order valence-corrected chi connectivity index (χ1v) is 17.2. The Bertz CT molecular complexity index is 1270. The monoisotopic (exact) mass is 621 g/mol. The number of anilines is 1. The van der Waals surface area contributed by atoms with Gasteiger partial charge in [-0.15, -0.1) is 0 Å². The molecule has 0 aliphatic carbocycles. The molecule has 45 heavy (non-hydrogen) atoms. The Morgan fingerprint density at radius 3 is 2.16 bits per heavy atom. The number of nitrogens with one attached hydrogen (secondary N) is 1. The molecular weight excluding hydrogens is 570 g/mol. The molecule has 1 unspecified atom stereocenters. The van der Waals surface area contributed by atoms with Crippen LogP contribution in [-0.4, -0.2) is 96.0 Å². The van der Waals surface area contributed by atoms with Gasteiger partial charge in [-0.05, 0) is 127 Å². The number of amides is 4. The molecule has 0 saturated carbocycles. The molecule has 10 heteroatoms. The van der Waals surface area contributed by atoms with Crippen molar-refractivity contribution in [1.29, 1.82) is 0 Å². The second kappa shape index (κ2) is 13.3. The number of carbonyl (C=O) groups excluding carboxylic acids is 4. The number of hydrogen-bond acceptors (Lipinski definition) is 7. The number of fused-ring (bicyclic) bond motifs is 1. The zero-order valence-corrected chi connectivity index (χ0v) is 27.4. The molecule has 6 rings (SSSR count). The molecule has 246 valence electrons. The number of carbonyl (C=O) groups is 4. The number of ether oxygens (including phenoxy) is 1. The number of imide groups is 1. The van der Waals surface area contributed by atoms with Gasteiger partial charge in [-0.1, -0.05) is 0 Å². The summed E-state index contributed by atoms with van der Waals surface area (Å²) in [6, 6.07) is 5.54. The topological polar surface area (TPSA) is 102 Å². The highest BCUT2D eigenvalue weighted by atomic mass is 16.6. The summed E-state index contributed by atoms with van der Waals surface area (Å²) in [6.45, 7) is 13.4. The lowest BCUT2D eigenvalue weighted by molar-refractivity contribution is -0.136. The SMILES string of the molecule is CC(C)(C)OC(=O)N1CCC(CN2CCC(CC3CCN(c4ccc5c(c4)CN(C4CCC(=O)NC4=O)C5=O)CC3)CC2)CC1. The Hall–Kier alpha value is -3.14. The van der Waals surface area contributed by atoms with Crippen LogP contribution in [0.1, 0.15) is 94.5 Å². The molecule has 4 amide bonds. The molecule has 1 atom stereocenters. The summed E-state index contributed by atoms with van der Waals surface area (Å²) in [5.41, 5.74) is 2.38. The smallest absolute Gasteiger partial charge is 0.410 e. The fourth-order valence-electron chi connectivity index (χ4n) is 8.05. The number of hydrogen-bond donors (Lipinski definition) is 1. The van der Waals surface area contributed by atoms with Crippen LogP contribution in [0.5, 0.6) is 0 Å². The number of nitrogens with zero attached hydrogens (tertiary/aromatic N) is 4. The van der Waals surface area contributed by atoms with Crippen LogP contribution in [0.3, 0.4) is 0 Å². The van der Waals surface area contributed by atoms with E-state index in [0.29, 0.717) is 24.4 Å². The van der Waals surface area contributed by atoms with Crippen LogP contribution in [0.2, 0.25) is 0 Å². The fourth-order valence-corrected chi connectivity index (χ4v) is 8.05. The Balaban J connectivity index is 0.904. The van der Waals surface area contributed by atoms with Gasteiger partial charge in [0.25, 0.3) is 5.91 Å². The molecule has 5 aliphatic rings. The molecule has 10 nitrogen and oxygen atoms in total. The van der Waals surface area contributed by atoms with Crippen molar-refractivity contribution in [2.75, 3.05) is 50.7 Å². The van der Waals surface area contributed by atoms with E-state index in [1.807, 2.05) is 31.7 Å². The van der Waals surface area contributed by atoms with Crippen molar-refractivity contribution in [3.8, 4) is 0 Å². The Morgan fingerprint density at radius 2 is 1.51 bits per heavy atom. The number of rotatable bonds is 6. The van der Waals surface area contributed by atoms with Crippen molar-refractivity contribution in [3.63, 3.8) is 0 Å². The molecule has 0 spiro atoms. The average molecular weight is 622 g/mol. The quantitative estimate of drug-likeness (QED) is 0.470. The van der Waals surface area contributed by atoms with E-state index < -0.39 is 11.6 Å². The van der Waals surface area contributed by atoms with Gasteiger partial charge >= 0.3 is 6.09 Å². The third-order valence-electron chi connectivity index (χ3n) is 10.6. The van der Waals surface area contributed by atoms with Gasteiger partial charge in [0.2, 0.25) is 11.8 Å². The van der Waals surface area contributed by atoms with Gasteiger partial charge in [0.05, 0.1) is 0 Å². The normalized spacial score (nSPS) is 24.6. The van der Waals surface area contributed by atoms with Crippen LogP contribution < -0.4 is 10.2 Å². The van der Waals surface area contributed by atoms with Gasteiger partial charge < -0.3 is 24.3 Å². The van der Waals surface area contributed by atoms with Crippen molar-refractivity contribution in [2.24, 2.45) is 17.8 Å². The fraction of sp³-hybridized carbons (Fsp3) is 0.714. The second-order valence-corrected chi connectivity index (χ2v) is 15.1. The lowest BCUT2D eigenvalue weighted by atomic mass is 9.82. The van der Waals surface area contributed by atoms with Gasteiger partial charge in [-0.25, -0.2) is 4.79 Å². The summed E-state index contributed by atoms with van der Waals surface area (Å²) in [5.74, 6) is 1.52. The maximum absolute atomic E-state index is 13.1. The van der Waals surface area contributed by atoms with E-state index in [1.165, 1.54) is 45.2 Å². The minimum atomic E-state index is -0.572. The highest BCUT2D eigenvalue weighted by Gasteiger charge is 2.39. The number of piperidine rings is 4. The molecule has 5 heterocycles. The van der Waals surface area contributed by atoms with Crippen LogP contribution in [-0.2, 0) is 20.9 Å². The summed E-state index contributed by atoms with van der Waals surface area (Å²) in [7, 11) is 0. The van der Waals surface area contributed by atoms with Crippen molar-refractivity contribution in [3.05, 3.63) is 29.3 Å². The third-order valence-corrected chi connectivity index (χ3v) is 10.6. The molecule has 0 radical (unpaired) electrons. The van der Waals surface area contributed by atoms with Gasteiger partial charge in [0, 0.05) is 56.9 Å². The van der Waals surface area contributed by atoms with Crippen LogP contribution in [0.15, 0.2) is 18.2 Å². The second-order valence-electron chi connectivity index (χ2n) is 15.1. The maximum atomic E-state index is 13.1. The van der Waals surface area contributed by atoms with Gasteiger partial charge in [-0.3, -0.25) is 19.7 Å². The summed E-state index contributed by atoms with van der Waals surface area (Å²) in [4.78, 5) is 58.0. The first-order chi connectivity index (χ1) is 21.5. The predicted molar refractivity (Wildman–Crippen MR) is 172 cm³/mol. The molecule has 1 aromatic rings. The Labute approximate surface area is 267 Å². The van der Waals surface area contributed by atoms with Gasteiger partial charge in [0.15, 0.2) is 0 Å². The highest BCUT2D eigenvalue weighted by Crippen LogP contribution is 2.35. The first-order valence-electron chi connectivity index (χ1n) is 17.2. The largest absolute Gasteiger partial charge is 0.444 e. The van der Waals surface area contributed by atoms with E-state index in [-0.39, 0.29) is 30.2 Å². The van der Waals surface area contributed by atoms with E-state index in [4.69, 9.17) is 4.74 Å². The van der Waals surface area contributed by atoms with Crippen molar-refractivity contribution >= 4 is 29.5 Å². The molecule has 4 saturated heterocycles. The van der Waals surface area contributed by atoms with Gasteiger partial charge in [-0.2, -0.15) is 0 Å². The molecule has 1 N–H and O–H groups in total. The standard InChI is InChI=1S/C35H51N5O5/c1-35(2,3)45-34(44)39-18-12-26(13-19-39)22-37-14-8-24(9-15-37)20-25-10-16-38(17-11-25)28-4-5-29-27(21-28)23-40(33(29)43)30-6-7-31(41)36-32(30)42/h4-5,21,24-26,30H,6-20,22-23H2,1-3H3,(H,36,41,42). The van der Waals surface area contributed by atoms with Crippen molar-refractivity contribution in [2.45, 2.75) is 96.7 Å². The van der Waals surface area contributed by atoms with Crippen molar-refractivity contribution < 1.29 is 23.9 Å². The lowest BCUT2D eigenvalue weighted by Crippen LogP contribution is -2.52. The van der Waals surface area contributed by atoms with Crippen molar-refractivity contribution in [1.82, 2.24) is 20.0 Å². The Morgan fingerprint density at radius 1 is 0.867 bits per heavy atom. The summed E-state index contributed by atoms with van der Waals surface area (Å²) < 4.78 is 5.55. The summed E-state index contributed by atoms with van der Waals surface area (Å²) >= 11 is 0. The minimum Gasteiger partial charge on any atom is -0.444 e. The number of likely N-dealkylation sites (tertiary alicyclic amines) is 2. The van der Waals surface area contributed by atoms with Crippen LogP contribution in [0.4, 0.5) is 10.5 Å². The zero-order valence-electron chi connectivity index (χ0n) is 27.4. The zero-order chi connectivity index (χ0) is 31.7. The lowest BCUT2D eigenvalue weighted by Gasteiger charge is -2.39. The highest BCUT2D eigenvalue weighted by molar-refractivity contribution is 6.05. The van der Waals surface area contributed by atoms with E-state index >= 15 is 0 Å². The summed E-state index contributed by atoms with van der Waals surface area (Å²) in [6.07, 6.45) is 8.94. The van der Waals surface area contributed by atoms with Crippen LogP contribution in [0.25, 0.3) is 0 Å². The summed E-state index contributed by atoms with van der Waals surface area (Å²) in [5, 5.41) is 2.38. The molecule has 4 fully saturated rings. The van der Waals surface area contributed by atoms with E-state index in [1.54, 1.807) is 4.90 Å². The maximum Gasteiger partial charge on any atom is 0.410 e. The molecular formula is C35H51N5O5. The molecule has 5 aliphatic heterocycles. The third kappa shape index (κ3) is 7.64. The Kier molecular flexibility index (Phi) is 9.41. The van der Waals surface area contributed by atoms with E-state index in [9.17, 15) is 19.2 Å². The molecule has 1 aromatic carbocycles. The van der Waals surface area contributed by atoms with E-state index in [2.05, 4.69) is 27.2 Å². The minimum absolute atomic E-state index is 0.112. The molecule has 0 aromatic heterocycles. The average Bonchev–Trinajstić information content (AvgIpc) is 3.33. The molecule has 0 bridgehead atoms. The van der Waals surface area contributed by atoms with Crippen LogP contribution >= 0.6 is 0 Å². The van der Waals surface area contributed by atoms with Crippen LogP contribution in [0, 0.1) is 17.8 Å². The first kappa shape index (κ1) is 31.8.